The number of aryl methyl sites for hydroxylation is 2. The molecular weight excluding hydrogens is 226 g/mol. The number of benzene rings is 1. The quantitative estimate of drug-likeness (QED) is 0.825. The number of methoxy groups -OCH3 is 1. The van der Waals surface area contributed by atoms with Crippen LogP contribution >= 0.6 is 0 Å². The minimum absolute atomic E-state index is 0.0306. The van der Waals surface area contributed by atoms with E-state index in [0.29, 0.717) is 0 Å². The van der Waals surface area contributed by atoms with Gasteiger partial charge in [0, 0.05) is 20.8 Å². The molecule has 0 bridgehead atoms. The molecule has 1 heterocycles. The fraction of sp³-hybridized carbons (Fsp3) is 0.500. The Morgan fingerprint density at radius 2 is 2.22 bits per heavy atom. The summed E-state index contributed by atoms with van der Waals surface area (Å²) in [6, 6.07) is 6.14. The van der Waals surface area contributed by atoms with E-state index in [0.717, 1.165) is 30.8 Å². The van der Waals surface area contributed by atoms with Crippen LogP contribution in [0.25, 0.3) is 11.0 Å². The molecule has 2 aromatic rings. The third-order valence-electron chi connectivity index (χ3n) is 3.33. The van der Waals surface area contributed by atoms with E-state index in [1.54, 1.807) is 7.11 Å². The number of fused-ring (bicyclic) bond motifs is 1. The van der Waals surface area contributed by atoms with Crippen LogP contribution in [0.5, 0.6) is 0 Å². The normalized spacial score (nSPS) is 13.1. The molecule has 0 aliphatic rings. The summed E-state index contributed by atoms with van der Waals surface area (Å²) in [7, 11) is 3.75. The summed E-state index contributed by atoms with van der Waals surface area (Å²) in [6.45, 7) is 2.85. The van der Waals surface area contributed by atoms with E-state index in [-0.39, 0.29) is 6.04 Å². The fourth-order valence-electron chi connectivity index (χ4n) is 2.39. The van der Waals surface area contributed by atoms with Crippen molar-refractivity contribution in [3.05, 3.63) is 29.6 Å². The number of rotatable bonds is 5. The van der Waals surface area contributed by atoms with Crippen molar-refractivity contribution < 1.29 is 4.74 Å². The third-order valence-corrected chi connectivity index (χ3v) is 3.33. The molecule has 18 heavy (non-hydrogen) atoms. The van der Waals surface area contributed by atoms with Gasteiger partial charge in [-0.3, -0.25) is 0 Å². The zero-order valence-corrected chi connectivity index (χ0v) is 11.3. The molecule has 2 N–H and O–H groups in total. The van der Waals surface area contributed by atoms with Gasteiger partial charge < -0.3 is 15.0 Å². The Morgan fingerprint density at radius 3 is 2.89 bits per heavy atom. The van der Waals surface area contributed by atoms with Crippen molar-refractivity contribution in [2.45, 2.75) is 25.8 Å². The second kappa shape index (κ2) is 5.50. The van der Waals surface area contributed by atoms with Gasteiger partial charge in [-0.05, 0) is 31.4 Å². The van der Waals surface area contributed by atoms with E-state index in [9.17, 15) is 0 Å². The Morgan fingerprint density at radius 1 is 1.44 bits per heavy atom. The maximum atomic E-state index is 6.21. The summed E-state index contributed by atoms with van der Waals surface area (Å²) < 4.78 is 7.17. The van der Waals surface area contributed by atoms with Gasteiger partial charge in [-0.25, -0.2) is 4.98 Å². The Hall–Kier alpha value is -1.39. The maximum absolute atomic E-state index is 6.21. The molecule has 0 fully saturated rings. The lowest BCUT2D eigenvalue weighted by molar-refractivity contribution is 0.190. The minimum Gasteiger partial charge on any atom is -0.385 e. The molecule has 4 nitrogen and oxygen atoms in total. The van der Waals surface area contributed by atoms with E-state index in [4.69, 9.17) is 10.5 Å². The summed E-state index contributed by atoms with van der Waals surface area (Å²) in [5.74, 6) is 0.954. The summed E-state index contributed by atoms with van der Waals surface area (Å²) in [5, 5.41) is 0. The highest BCUT2D eigenvalue weighted by Crippen LogP contribution is 2.23. The van der Waals surface area contributed by atoms with Gasteiger partial charge in [0.15, 0.2) is 0 Å². The largest absolute Gasteiger partial charge is 0.385 e. The van der Waals surface area contributed by atoms with Crippen LogP contribution < -0.4 is 5.73 Å². The number of para-hydroxylation sites is 1. The van der Waals surface area contributed by atoms with Gasteiger partial charge >= 0.3 is 0 Å². The molecule has 0 saturated carbocycles. The average molecular weight is 247 g/mol. The number of hydrogen-bond acceptors (Lipinski definition) is 3. The maximum Gasteiger partial charge on any atom is 0.126 e. The van der Waals surface area contributed by atoms with Crippen molar-refractivity contribution in [3.8, 4) is 0 Å². The monoisotopic (exact) mass is 247 g/mol. The average Bonchev–Trinajstić information content (AvgIpc) is 2.68. The molecule has 0 aliphatic carbocycles. The molecule has 0 saturated heterocycles. The standard InChI is InChI=1S/C14H21N3O/c1-10-6-4-8-12-13(10)17(2)14(16-12)11(15)7-5-9-18-3/h4,6,8,11H,5,7,9,15H2,1-3H3. The van der Waals surface area contributed by atoms with Crippen LogP contribution in [0.1, 0.15) is 30.3 Å². The Balaban J connectivity index is 2.28. The van der Waals surface area contributed by atoms with Crippen LogP contribution in [0, 0.1) is 6.92 Å². The van der Waals surface area contributed by atoms with Crippen molar-refractivity contribution >= 4 is 11.0 Å². The molecule has 0 radical (unpaired) electrons. The molecule has 0 aliphatic heterocycles. The molecule has 1 unspecified atom stereocenters. The van der Waals surface area contributed by atoms with E-state index < -0.39 is 0 Å². The smallest absolute Gasteiger partial charge is 0.126 e. The zero-order chi connectivity index (χ0) is 13.1. The van der Waals surface area contributed by atoms with Crippen molar-refractivity contribution in [1.29, 1.82) is 0 Å². The first-order valence-electron chi connectivity index (χ1n) is 6.31. The topological polar surface area (TPSA) is 53.1 Å². The molecule has 2 rings (SSSR count). The number of nitrogens with two attached hydrogens (primary N) is 1. The van der Waals surface area contributed by atoms with Crippen molar-refractivity contribution in [2.24, 2.45) is 12.8 Å². The number of nitrogens with zero attached hydrogens (tertiary/aromatic N) is 2. The fourth-order valence-corrected chi connectivity index (χ4v) is 2.39. The van der Waals surface area contributed by atoms with Gasteiger partial charge in [-0.2, -0.15) is 0 Å². The highest BCUT2D eigenvalue weighted by Gasteiger charge is 2.15. The minimum atomic E-state index is -0.0306. The summed E-state index contributed by atoms with van der Waals surface area (Å²) in [5.41, 5.74) is 9.64. The summed E-state index contributed by atoms with van der Waals surface area (Å²) in [6.07, 6.45) is 1.85. The van der Waals surface area contributed by atoms with Crippen molar-refractivity contribution in [2.75, 3.05) is 13.7 Å². The van der Waals surface area contributed by atoms with Gasteiger partial charge in [0.25, 0.3) is 0 Å². The predicted molar refractivity (Wildman–Crippen MR) is 73.5 cm³/mol. The van der Waals surface area contributed by atoms with E-state index >= 15 is 0 Å². The first-order chi connectivity index (χ1) is 8.65. The van der Waals surface area contributed by atoms with Crippen LogP contribution in [0.4, 0.5) is 0 Å². The van der Waals surface area contributed by atoms with Gasteiger partial charge in [-0.1, -0.05) is 12.1 Å². The number of imidazole rings is 1. The SMILES string of the molecule is COCCCC(N)c1nc2cccc(C)c2n1C. The molecule has 0 spiro atoms. The summed E-state index contributed by atoms with van der Waals surface area (Å²) >= 11 is 0. The van der Waals surface area contributed by atoms with Gasteiger partial charge in [-0.15, -0.1) is 0 Å². The molecule has 1 atom stereocenters. The Kier molecular flexibility index (Phi) is 3.99. The van der Waals surface area contributed by atoms with Crippen LogP contribution in [-0.2, 0) is 11.8 Å². The first-order valence-corrected chi connectivity index (χ1v) is 6.31. The van der Waals surface area contributed by atoms with Crippen LogP contribution in [0.2, 0.25) is 0 Å². The lowest BCUT2D eigenvalue weighted by atomic mass is 10.1. The Bertz CT molecular complexity index is 533. The van der Waals surface area contributed by atoms with Gasteiger partial charge in [0.05, 0.1) is 17.1 Å². The van der Waals surface area contributed by atoms with E-state index in [2.05, 4.69) is 22.5 Å². The molecule has 1 aromatic carbocycles. The molecular formula is C14H21N3O. The Labute approximate surface area is 108 Å². The van der Waals surface area contributed by atoms with Gasteiger partial charge in [0.1, 0.15) is 5.82 Å². The van der Waals surface area contributed by atoms with Crippen LogP contribution in [0.15, 0.2) is 18.2 Å². The second-order valence-electron chi connectivity index (χ2n) is 4.71. The lowest BCUT2D eigenvalue weighted by Gasteiger charge is -2.11. The second-order valence-corrected chi connectivity index (χ2v) is 4.71. The van der Waals surface area contributed by atoms with Crippen LogP contribution in [0.3, 0.4) is 0 Å². The van der Waals surface area contributed by atoms with Crippen molar-refractivity contribution in [1.82, 2.24) is 9.55 Å². The lowest BCUT2D eigenvalue weighted by Crippen LogP contribution is -2.16. The highest BCUT2D eigenvalue weighted by atomic mass is 16.5. The summed E-state index contributed by atoms with van der Waals surface area (Å²) in [4.78, 5) is 4.65. The molecule has 98 valence electrons. The number of hydrogen-bond donors (Lipinski definition) is 1. The van der Waals surface area contributed by atoms with E-state index in [1.807, 2.05) is 19.2 Å². The van der Waals surface area contributed by atoms with Crippen molar-refractivity contribution in [3.63, 3.8) is 0 Å². The third kappa shape index (κ3) is 2.40. The molecule has 4 heteroatoms. The predicted octanol–water partition coefficient (Wildman–Crippen LogP) is 2.31. The van der Waals surface area contributed by atoms with Crippen LogP contribution in [-0.4, -0.2) is 23.3 Å². The van der Waals surface area contributed by atoms with Gasteiger partial charge in [0.2, 0.25) is 0 Å². The number of ether oxygens (including phenoxy) is 1. The number of aromatic nitrogens is 2. The molecule has 0 amide bonds. The highest BCUT2D eigenvalue weighted by molar-refractivity contribution is 5.79. The van der Waals surface area contributed by atoms with E-state index in [1.165, 1.54) is 11.1 Å². The zero-order valence-electron chi connectivity index (χ0n) is 11.3. The molecule has 1 aromatic heterocycles. The first kappa shape index (κ1) is 13.1.